The molecular formula is C22H20Cl2N2O2. The van der Waals surface area contributed by atoms with E-state index in [1.807, 2.05) is 37.3 Å². The van der Waals surface area contributed by atoms with Gasteiger partial charge in [0.05, 0.1) is 18.0 Å². The quantitative estimate of drug-likeness (QED) is 0.674. The molecule has 144 valence electrons. The second-order valence-corrected chi connectivity index (χ2v) is 7.88. The van der Waals surface area contributed by atoms with Crippen LogP contribution in [0.2, 0.25) is 10.0 Å². The molecule has 1 aliphatic heterocycles. The Labute approximate surface area is 174 Å². The number of carboxylic acids is 1. The average molecular weight is 415 g/mol. The minimum Gasteiger partial charge on any atom is -0.481 e. The van der Waals surface area contributed by atoms with E-state index in [4.69, 9.17) is 28.2 Å². The van der Waals surface area contributed by atoms with Crippen LogP contribution in [-0.4, -0.2) is 16.8 Å². The topological polar surface area (TPSA) is 73.4 Å². The maximum absolute atomic E-state index is 12.8. The number of rotatable bonds is 4. The van der Waals surface area contributed by atoms with Crippen molar-refractivity contribution in [1.82, 2.24) is 0 Å². The number of carbonyl (C=O) groups is 1. The summed E-state index contributed by atoms with van der Waals surface area (Å²) in [6.45, 7) is 3.60. The van der Waals surface area contributed by atoms with Crippen LogP contribution in [0.25, 0.3) is 0 Å². The molecule has 28 heavy (non-hydrogen) atoms. The van der Waals surface area contributed by atoms with Gasteiger partial charge in [-0.05, 0) is 36.6 Å². The lowest BCUT2D eigenvalue weighted by atomic mass is 9.57. The first-order valence-corrected chi connectivity index (χ1v) is 9.79. The number of hydrogen-bond acceptors (Lipinski definition) is 3. The Bertz CT molecular complexity index is 968. The SMILES string of the molecule is CCC1(C(=O)O)C(c2ccccc2)N=C(C)C(C#N)C1c1ccc(Cl)cc1Cl. The Hall–Kier alpha value is -2.35. The van der Waals surface area contributed by atoms with Gasteiger partial charge in [-0.25, -0.2) is 0 Å². The lowest BCUT2D eigenvalue weighted by molar-refractivity contribution is -0.153. The van der Waals surface area contributed by atoms with E-state index in [1.165, 1.54) is 0 Å². The van der Waals surface area contributed by atoms with Gasteiger partial charge in [0, 0.05) is 21.7 Å². The predicted molar refractivity (Wildman–Crippen MR) is 111 cm³/mol. The Morgan fingerprint density at radius 2 is 1.93 bits per heavy atom. The zero-order chi connectivity index (χ0) is 20.5. The molecule has 6 heteroatoms. The number of carboxylic acid groups (broad SMARTS) is 1. The number of nitrogens with zero attached hydrogens (tertiary/aromatic N) is 2. The Morgan fingerprint density at radius 3 is 2.46 bits per heavy atom. The Balaban J connectivity index is 2.35. The maximum atomic E-state index is 12.8. The molecule has 4 nitrogen and oxygen atoms in total. The van der Waals surface area contributed by atoms with Crippen molar-refractivity contribution in [2.75, 3.05) is 0 Å². The summed E-state index contributed by atoms with van der Waals surface area (Å²) in [7, 11) is 0. The van der Waals surface area contributed by atoms with Gasteiger partial charge in [-0.15, -0.1) is 0 Å². The van der Waals surface area contributed by atoms with Crippen molar-refractivity contribution in [3.63, 3.8) is 0 Å². The summed E-state index contributed by atoms with van der Waals surface area (Å²) in [4.78, 5) is 17.5. The van der Waals surface area contributed by atoms with Crippen LogP contribution in [0.4, 0.5) is 0 Å². The molecule has 2 aromatic carbocycles. The first-order valence-electron chi connectivity index (χ1n) is 9.04. The maximum Gasteiger partial charge on any atom is 0.312 e. The summed E-state index contributed by atoms with van der Waals surface area (Å²) in [6, 6.07) is 16.0. The van der Waals surface area contributed by atoms with E-state index in [2.05, 4.69) is 6.07 Å². The van der Waals surface area contributed by atoms with E-state index in [-0.39, 0.29) is 0 Å². The molecule has 3 rings (SSSR count). The number of nitriles is 1. The van der Waals surface area contributed by atoms with Gasteiger partial charge in [0.15, 0.2) is 0 Å². The van der Waals surface area contributed by atoms with Crippen molar-refractivity contribution in [3.8, 4) is 6.07 Å². The minimum atomic E-state index is -1.32. The lowest BCUT2D eigenvalue weighted by Crippen LogP contribution is -2.49. The minimum absolute atomic E-state index is 0.292. The molecule has 0 spiro atoms. The van der Waals surface area contributed by atoms with Gasteiger partial charge in [-0.3, -0.25) is 9.79 Å². The van der Waals surface area contributed by atoms with Crippen LogP contribution in [0, 0.1) is 22.7 Å². The highest BCUT2D eigenvalue weighted by atomic mass is 35.5. The second kappa shape index (κ2) is 7.95. The zero-order valence-corrected chi connectivity index (χ0v) is 17.1. The molecule has 4 unspecified atom stereocenters. The van der Waals surface area contributed by atoms with Gasteiger partial charge in [0.1, 0.15) is 5.41 Å². The normalized spacial score (nSPS) is 27.0. The van der Waals surface area contributed by atoms with Gasteiger partial charge in [0.2, 0.25) is 0 Å². The van der Waals surface area contributed by atoms with Crippen molar-refractivity contribution < 1.29 is 9.90 Å². The average Bonchev–Trinajstić information content (AvgIpc) is 2.68. The highest BCUT2D eigenvalue weighted by Gasteiger charge is 2.58. The number of aliphatic carboxylic acids is 1. The van der Waals surface area contributed by atoms with Crippen LogP contribution < -0.4 is 0 Å². The van der Waals surface area contributed by atoms with Crippen molar-refractivity contribution in [2.24, 2.45) is 16.3 Å². The van der Waals surface area contributed by atoms with Crippen LogP contribution >= 0.6 is 23.2 Å². The summed E-state index contributed by atoms with van der Waals surface area (Å²) in [5, 5.41) is 21.2. The smallest absolute Gasteiger partial charge is 0.312 e. The van der Waals surface area contributed by atoms with Gasteiger partial charge in [-0.1, -0.05) is 66.5 Å². The molecular weight excluding hydrogens is 395 g/mol. The van der Waals surface area contributed by atoms with Gasteiger partial charge in [0.25, 0.3) is 0 Å². The summed E-state index contributed by atoms with van der Waals surface area (Å²) < 4.78 is 0. The molecule has 1 aliphatic rings. The number of benzene rings is 2. The lowest BCUT2D eigenvalue weighted by Gasteiger charge is -2.46. The first kappa shape index (κ1) is 20.4. The standard InChI is InChI=1S/C22H20Cl2N2O2/c1-3-22(21(27)28)19(16-10-9-15(23)11-18(16)24)17(12-25)13(2)26-20(22)14-7-5-4-6-8-14/h4-11,17,19-20H,3H2,1-2H3,(H,27,28). The summed E-state index contributed by atoms with van der Waals surface area (Å²) in [6.07, 6.45) is 0.292. The highest BCUT2D eigenvalue weighted by molar-refractivity contribution is 6.35. The third-order valence-corrected chi connectivity index (χ3v) is 6.26. The summed E-state index contributed by atoms with van der Waals surface area (Å²) in [5.74, 6) is -2.35. The van der Waals surface area contributed by atoms with Crippen LogP contribution in [0.3, 0.4) is 0 Å². The van der Waals surface area contributed by atoms with E-state index in [0.29, 0.717) is 27.7 Å². The first-order chi connectivity index (χ1) is 13.4. The van der Waals surface area contributed by atoms with Crippen LogP contribution in [-0.2, 0) is 4.79 Å². The molecule has 4 atom stereocenters. The van der Waals surface area contributed by atoms with Crippen molar-refractivity contribution >= 4 is 34.9 Å². The Morgan fingerprint density at radius 1 is 1.25 bits per heavy atom. The van der Waals surface area contributed by atoms with Gasteiger partial charge < -0.3 is 5.11 Å². The fraction of sp³-hybridized carbons (Fsp3) is 0.318. The molecule has 0 amide bonds. The second-order valence-electron chi connectivity index (χ2n) is 7.03. The number of aliphatic imine (C=N–C) groups is 1. The summed E-state index contributed by atoms with van der Waals surface area (Å²) >= 11 is 12.5. The van der Waals surface area contributed by atoms with E-state index in [1.54, 1.807) is 25.1 Å². The molecule has 0 radical (unpaired) electrons. The monoisotopic (exact) mass is 414 g/mol. The number of halogens is 2. The van der Waals surface area contributed by atoms with Crippen molar-refractivity contribution in [3.05, 3.63) is 69.7 Å². The van der Waals surface area contributed by atoms with E-state index in [0.717, 1.165) is 5.56 Å². The van der Waals surface area contributed by atoms with E-state index < -0.39 is 29.3 Å². The van der Waals surface area contributed by atoms with Crippen molar-refractivity contribution in [1.29, 1.82) is 5.26 Å². The molecule has 0 saturated carbocycles. The Kier molecular flexibility index (Phi) is 5.79. The molecule has 0 aliphatic carbocycles. The molecule has 0 saturated heterocycles. The van der Waals surface area contributed by atoms with Crippen LogP contribution in [0.15, 0.2) is 53.5 Å². The van der Waals surface area contributed by atoms with Crippen LogP contribution in [0.1, 0.15) is 43.4 Å². The van der Waals surface area contributed by atoms with E-state index >= 15 is 0 Å². The molecule has 2 aromatic rings. The fourth-order valence-electron chi connectivity index (χ4n) is 4.31. The van der Waals surface area contributed by atoms with Gasteiger partial charge >= 0.3 is 5.97 Å². The molecule has 0 aromatic heterocycles. The highest BCUT2D eigenvalue weighted by Crippen LogP contribution is 2.57. The molecule has 0 fully saturated rings. The third-order valence-electron chi connectivity index (χ3n) is 5.69. The predicted octanol–water partition coefficient (Wildman–Crippen LogP) is 5.91. The molecule has 0 bridgehead atoms. The van der Waals surface area contributed by atoms with Crippen molar-refractivity contribution in [2.45, 2.75) is 32.2 Å². The van der Waals surface area contributed by atoms with Crippen LogP contribution in [0.5, 0.6) is 0 Å². The zero-order valence-electron chi connectivity index (χ0n) is 15.6. The van der Waals surface area contributed by atoms with Gasteiger partial charge in [-0.2, -0.15) is 5.26 Å². The largest absolute Gasteiger partial charge is 0.481 e. The third kappa shape index (κ3) is 3.19. The number of hydrogen-bond donors (Lipinski definition) is 1. The molecule has 1 heterocycles. The summed E-state index contributed by atoms with van der Waals surface area (Å²) in [5.41, 5.74) is 0.700. The van der Waals surface area contributed by atoms with E-state index in [9.17, 15) is 15.2 Å². The fourth-order valence-corrected chi connectivity index (χ4v) is 4.83. The molecule has 1 N–H and O–H groups in total.